The summed E-state index contributed by atoms with van der Waals surface area (Å²) in [7, 11) is -3.94. The van der Waals surface area contributed by atoms with Crippen molar-refractivity contribution < 1.29 is 17.9 Å². The van der Waals surface area contributed by atoms with Gasteiger partial charge in [-0.05, 0) is 94.4 Å². The molecule has 0 saturated carbocycles. The zero-order valence-electron chi connectivity index (χ0n) is 19.0. The number of ether oxygens (including phenoxy) is 1. The normalized spacial score (nSPS) is 14.6. The fraction of sp³-hybridized carbons (Fsp3) is 0.458. The van der Waals surface area contributed by atoms with Crippen LogP contribution in [0.4, 0.5) is 5.69 Å². The molecule has 1 aliphatic heterocycles. The molecule has 0 unspecified atom stereocenters. The van der Waals surface area contributed by atoms with Crippen molar-refractivity contribution in [3.63, 3.8) is 0 Å². The van der Waals surface area contributed by atoms with Crippen LogP contribution < -0.4 is 14.4 Å². The fourth-order valence-corrected chi connectivity index (χ4v) is 5.51. The number of amides is 1. The van der Waals surface area contributed by atoms with Gasteiger partial charge in [0, 0.05) is 11.0 Å². The van der Waals surface area contributed by atoms with Gasteiger partial charge in [-0.15, -0.1) is 0 Å². The molecular formula is C24H32BrN3O4S. The summed E-state index contributed by atoms with van der Waals surface area (Å²) in [5, 5.41) is 2.88. The molecule has 180 valence electrons. The highest BCUT2D eigenvalue weighted by Gasteiger charge is 2.27. The van der Waals surface area contributed by atoms with Gasteiger partial charge in [0.25, 0.3) is 10.0 Å². The topological polar surface area (TPSA) is 79.0 Å². The van der Waals surface area contributed by atoms with Gasteiger partial charge >= 0.3 is 0 Å². The predicted octanol–water partition coefficient (Wildman–Crippen LogP) is 4.04. The molecule has 3 rings (SSSR count). The maximum Gasteiger partial charge on any atom is 0.264 e. The third-order valence-corrected chi connectivity index (χ3v) is 7.86. The second kappa shape index (κ2) is 12.4. The molecule has 1 aliphatic rings. The maximum absolute atomic E-state index is 13.4. The molecule has 0 atom stereocenters. The lowest BCUT2D eigenvalue weighted by Crippen LogP contribution is -2.41. The van der Waals surface area contributed by atoms with Crippen LogP contribution in [0.1, 0.15) is 32.6 Å². The molecule has 0 bridgehead atoms. The summed E-state index contributed by atoms with van der Waals surface area (Å²) in [5.74, 6) is 0.313. The van der Waals surface area contributed by atoms with Crippen molar-refractivity contribution in [2.75, 3.05) is 43.6 Å². The van der Waals surface area contributed by atoms with E-state index in [-0.39, 0.29) is 17.3 Å². The zero-order valence-corrected chi connectivity index (χ0v) is 21.4. The number of hydrogen-bond donors (Lipinski definition) is 1. The quantitative estimate of drug-likeness (QED) is 0.437. The Kier molecular flexibility index (Phi) is 9.58. The summed E-state index contributed by atoms with van der Waals surface area (Å²) < 4.78 is 34.2. The van der Waals surface area contributed by atoms with Crippen LogP contribution in [0, 0.1) is 0 Å². The average Bonchev–Trinajstić information content (AvgIpc) is 2.82. The molecule has 2 aromatic carbocycles. The first-order valence-corrected chi connectivity index (χ1v) is 13.6. The van der Waals surface area contributed by atoms with E-state index in [9.17, 15) is 13.2 Å². The number of sulfonamides is 1. The first-order valence-electron chi connectivity index (χ1n) is 11.4. The minimum atomic E-state index is -3.94. The van der Waals surface area contributed by atoms with Crippen molar-refractivity contribution in [1.82, 2.24) is 10.2 Å². The number of halogens is 1. The van der Waals surface area contributed by atoms with E-state index in [1.54, 1.807) is 36.4 Å². The van der Waals surface area contributed by atoms with E-state index >= 15 is 0 Å². The highest BCUT2D eigenvalue weighted by molar-refractivity contribution is 9.10. The number of rotatable bonds is 11. The lowest BCUT2D eigenvalue weighted by Gasteiger charge is -2.26. The van der Waals surface area contributed by atoms with Crippen LogP contribution in [0.2, 0.25) is 0 Å². The number of piperidine rings is 1. The molecule has 0 aromatic heterocycles. The highest BCUT2D eigenvalue weighted by atomic mass is 79.9. The summed E-state index contributed by atoms with van der Waals surface area (Å²) in [6.07, 6.45) is 4.60. The van der Waals surface area contributed by atoms with E-state index in [1.807, 2.05) is 6.92 Å². The van der Waals surface area contributed by atoms with Crippen LogP contribution in [-0.2, 0) is 14.8 Å². The Labute approximate surface area is 205 Å². The first-order chi connectivity index (χ1) is 15.9. The van der Waals surface area contributed by atoms with E-state index in [1.165, 1.54) is 31.4 Å². The molecule has 2 aromatic rings. The second-order valence-electron chi connectivity index (χ2n) is 8.00. The molecule has 1 heterocycles. The Hall–Kier alpha value is -2.10. The number of hydrogen-bond acceptors (Lipinski definition) is 5. The van der Waals surface area contributed by atoms with Crippen molar-refractivity contribution in [2.24, 2.45) is 0 Å². The Morgan fingerprint density at radius 1 is 1.06 bits per heavy atom. The summed E-state index contributed by atoms with van der Waals surface area (Å²) in [4.78, 5) is 15.3. The van der Waals surface area contributed by atoms with E-state index in [4.69, 9.17) is 4.74 Å². The van der Waals surface area contributed by atoms with Crippen LogP contribution >= 0.6 is 15.9 Å². The van der Waals surface area contributed by atoms with Crippen molar-refractivity contribution in [3.05, 3.63) is 53.0 Å². The lowest BCUT2D eigenvalue weighted by atomic mass is 10.1. The molecule has 1 N–H and O–H groups in total. The zero-order chi connectivity index (χ0) is 23.7. The number of likely N-dealkylation sites (tertiary alicyclic amines) is 1. The monoisotopic (exact) mass is 537 g/mol. The molecular weight excluding hydrogens is 506 g/mol. The predicted molar refractivity (Wildman–Crippen MR) is 134 cm³/mol. The van der Waals surface area contributed by atoms with Gasteiger partial charge in [0.2, 0.25) is 5.91 Å². The molecule has 0 radical (unpaired) electrons. The van der Waals surface area contributed by atoms with Crippen LogP contribution in [0.15, 0.2) is 57.9 Å². The molecule has 1 fully saturated rings. The number of carbonyl (C=O) groups excluding carboxylic acids is 1. The van der Waals surface area contributed by atoms with Crippen LogP contribution in [0.5, 0.6) is 5.75 Å². The summed E-state index contributed by atoms with van der Waals surface area (Å²) in [5.41, 5.74) is 0.407. The highest BCUT2D eigenvalue weighted by Crippen LogP contribution is 2.26. The molecule has 1 amide bonds. The minimum Gasteiger partial charge on any atom is -0.494 e. The van der Waals surface area contributed by atoms with Crippen molar-refractivity contribution in [3.8, 4) is 5.75 Å². The van der Waals surface area contributed by atoms with Crippen molar-refractivity contribution in [2.45, 2.75) is 37.5 Å². The number of carbonyl (C=O) groups is 1. The van der Waals surface area contributed by atoms with Gasteiger partial charge in [-0.1, -0.05) is 22.4 Å². The van der Waals surface area contributed by atoms with Crippen molar-refractivity contribution >= 4 is 37.5 Å². The molecule has 33 heavy (non-hydrogen) atoms. The molecule has 1 saturated heterocycles. The molecule has 0 spiro atoms. The number of benzene rings is 2. The van der Waals surface area contributed by atoms with Gasteiger partial charge in [0.1, 0.15) is 12.3 Å². The first kappa shape index (κ1) is 25.5. The van der Waals surface area contributed by atoms with E-state index < -0.39 is 10.0 Å². The largest absolute Gasteiger partial charge is 0.494 e. The number of anilines is 1. The van der Waals surface area contributed by atoms with Gasteiger partial charge < -0.3 is 15.0 Å². The van der Waals surface area contributed by atoms with Gasteiger partial charge in [-0.2, -0.15) is 0 Å². The second-order valence-corrected chi connectivity index (χ2v) is 10.8. The van der Waals surface area contributed by atoms with Gasteiger partial charge in [-0.3, -0.25) is 9.10 Å². The Morgan fingerprint density at radius 2 is 1.73 bits per heavy atom. The Morgan fingerprint density at radius 3 is 2.36 bits per heavy atom. The average molecular weight is 539 g/mol. The third kappa shape index (κ3) is 7.45. The smallest absolute Gasteiger partial charge is 0.264 e. The van der Waals surface area contributed by atoms with E-state index in [0.29, 0.717) is 24.6 Å². The number of nitrogens with one attached hydrogen (secondary N) is 1. The van der Waals surface area contributed by atoms with Crippen molar-refractivity contribution in [1.29, 1.82) is 0 Å². The molecule has 9 heteroatoms. The SMILES string of the molecule is CCOc1ccc(N(CC(=O)NCCCN2CCCCC2)S(=O)(=O)c2ccc(Br)cc2)cc1. The molecule has 7 nitrogen and oxygen atoms in total. The summed E-state index contributed by atoms with van der Waals surface area (Å²) in [6, 6.07) is 13.1. The standard InChI is InChI=1S/C24H32BrN3O4S/c1-2-32-22-11-9-21(10-12-22)28(33(30,31)23-13-7-20(25)8-14-23)19-24(29)26-15-6-18-27-16-4-3-5-17-27/h7-14H,2-6,15-19H2,1H3,(H,26,29). The summed E-state index contributed by atoms with van der Waals surface area (Å²) >= 11 is 3.33. The Balaban J connectivity index is 1.69. The van der Waals surface area contributed by atoms with Gasteiger partial charge in [0.05, 0.1) is 17.2 Å². The minimum absolute atomic E-state index is 0.123. The van der Waals surface area contributed by atoms with E-state index in [0.717, 1.165) is 34.8 Å². The van der Waals surface area contributed by atoms with Gasteiger partial charge in [0.15, 0.2) is 0 Å². The van der Waals surface area contributed by atoms with Crippen LogP contribution in [0.3, 0.4) is 0 Å². The molecule has 0 aliphatic carbocycles. The fourth-order valence-electron chi connectivity index (χ4n) is 3.82. The number of nitrogens with zero attached hydrogens (tertiary/aromatic N) is 2. The van der Waals surface area contributed by atoms with Crippen LogP contribution in [-0.4, -0.2) is 58.6 Å². The lowest BCUT2D eigenvalue weighted by molar-refractivity contribution is -0.119. The van der Waals surface area contributed by atoms with Crippen LogP contribution in [0.25, 0.3) is 0 Å². The Bertz CT molecular complexity index is 991. The summed E-state index contributed by atoms with van der Waals surface area (Å²) in [6.45, 7) is 5.80. The van der Waals surface area contributed by atoms with E-state index in [2.05, 4.69) is 26.1 Å². The van der Waals surface area contributed by atoms with Gasteiger partial charge in [-0.25, -0.2) is 8.42 Å². The third-order valence-electron chi connectivity index (χ3n) is 5.55. The maximum atomic E-state index is 13.4.